The van der Waals surface area contributed by atoms with Gasteiger partial charge in [-0.3, -0.25) is 4.79 Å². The normalized spacial score (nSPS) is 21.8. The number of ether oxygens (including phenoxy) is 1. The van der Waals surface area contributed by atoms with Gasteiger partial charge in [-0.25, -0.2) is 4.79 Å². The number of nitrogens with zero attached hydrogens (tertiary/aromatic N) is 2. The average Bonchev–Trinajstić information content (AvgIpc) is 2.69. The Hall–Kier alpha value is -2.51. The molecule has 0 spiro atoms. The first-order valence-corrected chi connectivity index (χ1v) is 6.62. The van der Waals surface area contributed by atoms with Crippen molar-refractivity contribution in [3.05, 3.63) is 29.8 Å². The van der Waals surface area contributed by atoms with E-state index in [9.17, 15) is 18.4 Å². The maximum atomic E-state index is 12.3. The third kappa shape index (κ3) is 3.05. The van der Waals surface area contributed by atoms with E-state index >= 15 is 0 Å². The van der Waals surface area contributed by atoms with Crippen molar-refractivity contribution in [1.29, 1.82) is 0 Å². The molecule has 0 aliphatic carbocycles. The monoisotopic (exact) mass is 311 g/mol. The van der Waals surface area contributed by atoms with E-state index in [1.54, 1.807) is 19.9 Å². The SMILES string of the molecule is CC[C@@]1(C)NC(=O)N(/N=C\c2ccccc2OC(F)F)C1=O. The van der Waals surface area contributed by atoms with Crippen molar-refractivity contribution in [1.82, 2.24) is 10.3 Å². The molecular weight excluding hydrogens is 296 g/mol. The van der Waals surface area contributed by atoms with Crippen LogP contribution in [0.3, 0.4) is 0 Å². The molecule has 1 atom stereocenters. The van der Waals surface area contributed by atoms with Gasteiger partial charge in [0, 0.05) is 5.56 Å². The van der Waals surface area contributed by atoms with Gasteiger partial charge in [-0.1, -0.05) is 19.1 Å². The molecule has 1 fully saturated rings. The molecule has 1 heterocycles. The molecule has 2 rings (SSSR count). The van der Waals surface area contributed by atoms with Gasteiger partial charge < -0.3 is 10.1 Å². The molecule has 22 heavy (non-hydrogen) atoms. The first-order chi connectivity index (χ1) is 10.4. The van der Waals surface area contributed by atoms with Gasteiger partial charge >= 0.3 is 12.6 Å². The Labute approximate surface area is 125 Å². The van der Waals surface area contributed by atoms with E-state index in [-0.39, 0.29) is 11.3 Å². The summed E-state index contributed by atoms with van der Waals surface area (Å²) in [6, 6.07) is 5.30. The standard InChI is InChI=1S/C14H15F2N3O3/c1-3-14(2)11(20)19(13(21)18-14)17-8-9-6-4-5-7-10(9)22-12(15)16/h4-8,12H,3H2,1-2H3,(H,18,21)/b17-8-/t14-/m1/s1. The van der Waals surface area contributed by atoms with Gasteiger partial charge in [-0.15, -0.1) is 5.01 Å². The number of hydrogen-bond donors (Lipinski definition) is 1. The number of alkyl halides is 2. The lowest BCUT2D eigenvalue weighted by atomic mass is 10.00. The van der Waals surface area contributed by atoms with Crippen LogP contribution in [-0.4, -0.2) is 35.3 Å². The second-order valence-corrected chi connectivity index (χ2v) is 4.89. The Kier molecular flexibility index (Phi) is 4.39. The smallest absolute Gasteiger partial charge is 0.387 e. The Bertz CT molecular complexity index is 621. The molecule has 0 aromatic heterocycles. The summed E-state index contributed by atoms with van der Waals surface area (Å²) >= 11 is 0. The summed E-state index contributed by atoms with van der Waals surface area (Å²) in [5.41, 5.74) is -0.776. The van der Waals surface area contributed by atoms with Crippen molar-refractivity contribution in [2.75, 3.05) is 0 Å². The predicted molar refractivity (Wildman–Crippen MR) is 74.7 cm³/mol. The summed E-state index contributed by atoms with van der Waals surface area (Å²) in [6.45, 7) is 0.378. The summed E-state index contributed by atoms with van der Waals surface area (Å²) in [7, 11) is 0. The van der Waals surface area contributed by atoms with Crippen molar-refractivity contribution in [2.24, 2.45) is 5.10 Å². The first-order valence-electron chi connectivity index (χ1n) is 6.62. The lowest BCUT2D eigenvalue weighted by Gasteiger charge is -2.17. The molecule has 1 aromatic carbocycles. The maximum Gasteiger partial charge on any atom is 0.387 e. The van der Waals surface area contributed by atoms with Crippen LogP contribution < -0.4 is 10.1 Å². The number of rotatable bonds is 5. The fourth-order valence-electron chi connectivity index (χ4n) is 1.92. The van der Waals surface area contributed by atoms with Crippen LogP contribution in [0, 0.1) is 0 Å². The number of carbonyl (C=O) groups excluding carboxylic acids is 2. The summed E-state index contributed by atoms with van der Waals surface area (Å²) in [6.07, 6.45) is 1.55. The molecule has 1 aliphatic rings. The fourth-order valence-corrected chi connectivity index (χ4v) is 1.92. The van der Waals surface area contributed by atoms with E-state index in [1.807, 2.05) is 0 Å². The van der Waals surface area contributed by atoms with Gasteiger partial charge in [-0.05, 0) is 25.5 Å². The van der Waals surface area contributed by atoms with Gasteiger partial charge in [0.1, 0.15) is 11.3 Å². The second-order valence-electron chi connectivity index (χ2n) is 4.89. The highest BCUT2D eigenvalue weighted by Gasteiger charge is 2.46. The van der Waals surface area contributed by atoms with Crippen molar-refractivity contribution in [3.8, 4) is 5.75 Å². The first kappa shape index (κ1) is 15.9. The number of para-hydroxylation sites is 1. The van der Waals surface area contributed by atoms with Gasteiger partial charge in [0.15, 0.2) is 0 Å². The van der Waals surface area contributed by atoms with E-state index in [4.69, 9.17) is 0 Å². The highest BCUT2D eigenvalue weighted by atomic mass is 19.3. The number of hydrogen-bond acceptors (Lipinski definition) is 4. The van der Waals surface area contributed by atoms with Gasteiger partial charge in [0.2, 0.25) is 0 Å². The quantitative estimate of drug-likeness (QED) is 0.670. The lowest BCUT2D eigenvalue weighted by molar-refractivity contribution is -0.130. The Morgan fingerprint density at radius 2 is 2.09 bits per heavy atom. The molecule has 1 aromatic rings. The van der Waals surface area contributed by atoms with Gasteiger partial charge in [0.25, 0.3) is 5.91 Å². The van der Waals surface area contributed by atoms with Crippen molar-refractivity contribution in [2.45, 2.75) is 32.4 Å². The largest absolute Gasteiger partial charge is 0.434 e. The topological polar surface area (TPSA) is 71.0 Å². The van der Waals surface area contributed by atoms with Crippen LogP contribution in [0.5, 0.6) is 5.75 Å². The molecule has 1 N–H and O–H groups in total. The van der Waals surface area contributed by atoms with E-state index in [2.05, 4.69) is 15.2 Å². The molecular formula is C14H15F2N3O3. The van der Waals surface area contributed by atoms with Crippen LogP contribution in [-0.2, 0) is 4.79 Å². The minimum Gasteiger partial charge on any atom is -0.434 e. The zero-order valence-corrected chi connectivity index (χ0v) is 12.0. The number of imide groups is 1. The number of halogens is 2. The zero-order chi connectivity index (χ0) is 16.3. The molecule has 3 amide bonds. The summed E-state index contributed by atoms with van der Waals surface area (Å²) in [4.78, 5) is 23.9. The van der Waals surface area contributed by atoms with E-state index in [0.717, 1.165) is 6.21 Å². The van der Waals surface area contributed by atoms with Crippen LogP contribution >= 0.6 is 0 Å². The molecule has 0 radical (unpaired) electrons. The lowest BCUT2D eigenvalue weighted by Crippen LogP contribution is -2.42. The number of carbonyl (C=O) groups is 2. The van der Waals surface area contributed by atoms with Crippen LogP contribution in [0.15, 0.2) is 29.4 Å². The average molecular weight is 311 g/mol. The Balaban J connectivity index is 2.23. The van der Waals surface area contributed by atoms with E-state index in [0.29, 0.717) is 11.4 Å². The third-order valence-corrected chi connectivity index (χ3v) is 3.39. The molecule has 0 unspecified atom stereocenters. The van der Waals surface area contributed by atoms with Crippen LogP contribution in [0.2, 0.25) is 0 Å². The van der Waals surface area contributed by atoms with Crippen LogP contribution in [0.4, 0.5) is 13.6 Å². The highest BCUT2D eigenvalue weighted by Crippen LogP contribution is 2.22. The second kappa shape index (κ2) is 6.08. The molecule has 1 saturated heterocycles. The minimum atomic E-state index is -2.98. The van der Waals surface area contributed by atoms with Gasteiger partial charge in [0.05, 0.1) is 6.21 Å². The molecule has 1 aliphatic heterocycles. The van der Waals surface area contributed by atoms with Gasteiger partial charge in [-0.2, -0.15) is 13.9 Å². The number of urea groups is 1. The maximum absolute atomic E-state index is 12.3. The molecule has 6 nitrogen and oxygen atoms in total. The van der Waals surface area contributed by atoms with Crippen LogP contribution in [0.1, 0.15) is 25.8 Å². The number of amides is 3. The predicted octanol–water partition coefficient (Wildman–Crippen LogP) is 2.34. The third-order valence-electron chi connectivity index (χ3n) is 3.39. The summed E-state index contributed by atoms with van der Waals surface area (Å²) in [5.74, 6) is -0.588. The van der Waals surface area contributed by atoms with Crippen molar-refractivity contribution < 1.29 is 23.1 Å². The van der Waals surface area contributed by atoms with Crippen molar-refractivity contribution >= 4 is 18.2 Å². The van der Waals surface area contributed by atoms with E-state index < -0.39 is 24.1 Å². The molecule has 0 bridgehead atoms. The number of nitrogens with one attached hydrogen (secondary N) is 1. The van der Waals surface area contributed by atoms with Crippen molar-refractivity contribution in [3.63, 3.8) is 0 Å². The number of benzene rings is 1. The Morgan fingerprint density at radius 3 is 2.68 bits per heavy atom. The number of hydrazone groups is 1. The summed E-state index contributed by atoms with van der Waals surface area (Å²) < 4.78 is 29.0. The molecule has 8 heteroatoms. The fraction of sp³-hybridized carbons (Fsp3) is 0.357. The molecule has 118 valence electrons. The Morgan fingerprint density at radius 1 is 1.41 bits per heavy atom. The van der Waals surface area contributed by atoms with Crippen LogP contribution in [0.25, 0.3) is 0 Å². The van der Waals surface area contributed by atoms with E-state index in [1.165, 1.54) is 18.2 Å². The summed E-state index contributed by atoms with van der Waals surface area (Å²) in [5, 5.41) is 7.01. The molecule has 0 saturated carbocycles. The minimum absolute atomic E-state index is 0.0912. The zero-order valence-electron chi connectivity index (χ0n) is 12.0. The highest BCUT2D eigenvalue weighted by molar-refractivity contribution is 6.07.